The first kappa shape index (κ1) is 24.6. The Morgan fingerprint density at radius 2 is 1.80 bits per heavy atom. The molecule has 4 nitrogen and oxygen atoms in total. The van der Waals surface area contributed by atoms with Crippen LogP contribution < -0.4 is 5.32 Å². The predicted molar refractivity (Wildman–Crippen MR) is 126 cm³/mol. The average Bonchev–Trinajstić information content (AvgIpc) is 2.75. The van der Waals surface area contributed by atoms with Gasteiger partial charge in [0.25, 0.3) is 0 Å². The van der Waals surface area contributed by atoms with Crippen LogP contribution in [-0.2, 0) is 16.1 Å². The second-order valence-corrected chi connectivity index (χ2v) is 9.00. The Kier molecular flexibility index (Phi) is 10.6. The lowest BCUT2D eigenvalue weighted by Crippen LogP contribution is -2.47. The number of rotatable bonds is 11. The van der Waals surface area contributed by atoms with E-state index in [0.29, 0.717) is 36.0 Å². The first-order chi connectivity index (χ1) is 14.4. The molecule has 2 aromatic rings. The Morgan fingerprint density at radius 3 is 2.47 bits per heavy atom. The van der Waals surface area contributed by atoms with Crippen molar-refractivity contribution in [2.75, 3.05) is 12.3 Å². The highest BCUT2D eigenvalue weighted by molar-refractivity contribution is 7.99. The van der Waals surface area contributed by atoms with Crippen LogP contribution in [0.2, 0.25) is 10.0 Å². The van der Waals surface area contributed by atoms with Gasteiger partial charge >= 0.3 is 0 Å². The number of halogens is 2. The number of nitrogens with zero attached hydrogens (tertiary/aromatic N) is 1. The van der Waals surface area contributed by atoms with Gasteiger partial charge in [-0.25, -0.2) is 0 Å². The van der Waals surface area contributed by atoms with Crippen molar-refractivity contribution in [1.82, 2.24) is 10.2 Å². The van der Waals surface area contributed by atoms with Crippen molar-refractivity contribution in [2.45, 2.75) is 50.6 Å². The van der Waals surface area contributed by atoms with Gasteiger partial charge < -0.3 is 10.2 Å². The second kappa shape index (κ2) is 12.9. The van der Waals surface area contributed by atoms with Crippen molar-refractivity contribution in [3.8, 4) is 0 Å². The number of carbonyl (C=O) groups is 2. The normalized spacial score (nSPS) is 11.7. The lowest BCUT2D eigenvalue weighted by molar-refractivity contribution is -0.140. The molecule has 162 valence electrons. The minimum absolute atomic E-state index is 0.0502. The van der Waals surface area contributed by atoms with E-state index in [1.54, 1.807) is 29.7 Å². The molecule has 0 aliphatic rings. The van der Waals surface area contributed by atoms with Crippen molar-refractivity contribution in [3.63, 3.8) is 0 Å². The standard InChI is InChI=1S/C23H28Cl2N2O2S/c1-3-14-26-23(29)17(2)27(16-18-7-4-5-8-21(18)25)22(28)9-6-15-30-20-12-10-19(24)11-13-20/h4-5,7-8,10-13,17H,3,6,9,14-16H2,1-2H3,(H,26,29). The van der Waals surface area contributed by atoms with Gasteiger partial charge in [-0.15, -0.1) is 11.8 Å². The number of carbonyl (C=O) groups excluding carboxylic acids is 2. The van der Waals surface area contributed by atoms with Gasteiger partial charge in [-0.05, 0) is 61.4 Å². The molecule has 1 N–H and O–H groups in total. The maximum atomic E-state index is 13.0. The van der Waals surface area contributed by atoms with Gasteiger partial charge in [0.05, 0.1) is 0 Å². The summed E-state index contributed by atoms with van der Waals surface area (Å²) in [7, 11) is 0. The molecule has 0 aliphatic carbocycles. The van der Waals surface area contributed by atoms with Crippen LogP contribution in [0.1, 0.15) is 38.7 Å². The van der Waals surface area contributed by atoms with Crippen molar-refractivity contribution in [3.05, 3.63) is 64.1 Å². The van der Waals surface area contributed by atoms with E-state index in [9.17, 15) is 9.59 Å². The molecule has 2 amide bonds. The molecule has 0 fully saturated rings. The number of nitrogens with one attached hydrogen (secondary N) is 1. The number of amides is 2. The van der Waals surface area contributed by atoms with E-state index in [2.05, 4.69) is 5.32 Å². The summed E-state index contributed by atoms with van der Waals surface area (Å²) < 4.78 is 0. The highest BCUT2D eigenvalue weighted by Crippen LogP contribution is 2.23. The quantitative estimate of drug-likeness (QED) is 0.335. The predicted octanol–water partition coefficient (Wildman–Crippen LogP) is 5.81. The van der Waals surface area contributed by atoms with Crippen LogP contribution in [0.15, 0.2) is 53.4 Å². The molecule has 7 heteroatoms. The van der Waals surface area contributed by atoms with Gasteiger partial charge in [0.15, 0.2) is 0 Å². The number of hydrogen-bond acceptors (Lipinski definition) is 3. The van der Waals surface area contributed by atoms with Gasteiger partial charge in [0.1, 0.15) is 6.04 Å². The molecule has 2 rings (SSSR count). The molecule has 0 spiro atoms. The summed E-state index contributed by atoms with van der Waals surface area (Å²) in [5.74, 6) is 0.613. The van der Waals surface area contributed by atoms with E-state index < -0.39 is 6.04 Å². The molecule has 0 aliphatic heterocycles. The molecule has 2 aromatic carbocycles. The molecule has 0 radical (unpaired) electrons. The fourth-order valence-corrected chi connectivity index (χ4v) is 4.05. The van der Waals surface area contributed by atoms with Gasteiger partial charge in [-0.1, -0.05) is 48.3 Å². The third-order valence-corrected chi connectivity index (χ3v) is 6.35. The number of thioether (sulfide) groups is 1. The third kappa shape index (κ3) is 7.86. The van der Waals surface area contributed by atoms with Crippen molar-refractivity contribution >= 4 is 46.8 Å². The average molecular weight is 467 g/mol. The third-order valence-electron chi connectivity index (χ3n) is 4.63. The Balaban J connectivity index is 1.98. The molecule has 0 saturated heterocycles. The minimum atomic E-state index is -0.566. The molecule has 1 unspecified atom stereocenters. The Morgan fingerprint density at radius 1 is 1.10 bits per heavy atom. The Hall–Kier alpha value is -1.69. The minimum Gasteiger partial charge on any atom is -0.354 e. The molecule has 0 saturated carbocycles. The van der Waals surface area contributed by atoms with Gasteiger partial charge in [-0.3, -0.25) is 9.59 Å². The van der Waals surface area contributed by atoms with Gasteiger partial charge in [0, 0.05) is 34.5 Å². The fraction of sp³-hybridized carbons (Fsp3) is 0.391. The monoisotopic (exact) mass is 466 g/mol. The van der Waals surface area contributed by atoms with Crippen LogP contribution in [0.5, 0.6) is 0 Å². The molecule has 0 heterocycles. The van der Waals surface area contributed by atoms with E-state index >= 15 is 0 Å². The number of benzene rings is 2. The summed E-state index contributed by atoms with van der Waals surface area (Å²) in [5.41, 5.74) is 0.832. The highest BCUT2D eigenvalue weighted by atomic mass is 35.5. The van der Waals surface area contributed by atoms with Gasteiger partial charge in [-0.2, -0.15) is 0 Å². The Bertz CT molecular complexity index is 830. The lowest BCUT2D eigenvalue weighted by atomic mass is 10.1. The number of hydrogen-bond donors (Lipinski definition) is 1. The fourth-order valence-electron chi connectivity index (χ4n) is 2.88. The second-order valence-electron chi connectivity index (χ2n) is 6.99. The lowest BCUT2D eigenvalue weighted by Gasteiger charge is -2.29. The smallest absolute Gasteiger partial charge is 0.242 e. The summed E-state index contributed by atoms with van der Waals surface area (Å²) in [6.07, 6.45) is 1.93. The topological polar surface area (TPSA) is 49.4 Å². The van der Waals surface area contributed by atoms with Crippen LogP contribution in [0, 0.1) is 0 Å². The maximum absolute atomic E-state index is 13.0. The molecule has 0 aromatic heterocycles. The van der Waals surface area contributed by atoms with Crippen molar-refractivity contribution < 1.29 is 9.59 Å². The van der Waals surface area contributed by atoms with Crippen molar-refractivity contribution in [1.29, 1.82) is 0 Å². The Labute approximate surface area is 193 Å². The molecular formula is C23H28Cl2N2O2S. The van der Waals surface area contributed by atoms with E-state index in [1.807, 2.05) is 49.4 Å². The van der Waals surface area contributed by atoms with E-state index in [1.165, 1.54) is 0 Å². The first-order valence-electron chi connectivity index (χ1n) is 10.1. The summed E-state index contributed by atoms with van der Waals surface area (Å²) in [6, 6.07) is 14.5. The zero-order valence-electron chi connectivity index (χ0n) is 17.4. The summed E-state index contributed by atoms with van der Waals surface area (Å²) in [5, 5.41) is 4.18. The zero-order chi connectivity index (χ0) is 21.9. The SMILES string of the molecule is CCCNC(=O)C(C)N(Cc1ccccc1Cl)C(=O)CCCSc1ccc(Cl)cc1. The first-order valence-corrected chi connectivity index (χ1v) is 11.9. The molecule has 30 heavy (non-hydrogen) atoms. The largest absolute Gasteiger partial charge is 0.354 e. The summed E-state index contributed by atoms with van der Waals surface area (Å²) in [4.78, 5) is 28.3. The van der Waals surface area contributed by atoms with E-state index in [-0.39, 0.29) is 11.8 Å². The summed E-state index contributed by atoms with van der Waals surface area (Å²) >= 11 is 13.9. The van der Waals surface area contributed by atoms with Crippen LogP contribution in [0.4, 0.5) is 0 Å². The zero-order valence-corrected chi connectivity index (χ0v) is 19.7. The summed E-state index contributed by atoms with van der Waals surface area (Å²) in [6.45, 7) is 4.66. The highest BCUT2D eigenvalue weighted by Gasteiger charge is 2.26. The van der Waals surface area contributed by atoms with E-state index in [4.69, 9.17) is 23.2 Å². The van der Waals surface area contributed by atoms with Crippen LogP contribution in [0.3, 0.4) is 0 Å². The van der Waals surface area contributed by atoms with Crippen molar-refractivity contribution in [2.24, 2.45) is 0 Å². The maximum Gasteiger partial charge on any atom is 0.242 e. The molecular weight excluding hydrogens is 439 g/mol. The molecule has 0 bridgehead atoms. The molecule has 1 atom stereocenters. The van der Waals surface area contributed by atoms with Gasteiger partial charge in [0.2, 0.25) is 11.8 Å². The van der Waals surface area contributed by atoms with Crippen LogP contribution in [-0.4, -0.2) is 35.1 Å². The van der Waals surface area contributed by atoms with Crippen LogP contribution in [0.25, 0.3) is 0 Å². The van der Waals surface area contributed by atoms with Crippen LogP contribution >= 0.6 is 35.0 Å². The van der Waals surface area contributed by atoms with E-state index in [0.717, 1.165) is 22.6 Å².